The van der Waals surface area contributed by atoms with Gasteiger partial charge in [-0.3, -0.25) is 0 Å². The summed E-state index contributed by atoms with van der Waals surface area (Å²) in [5, 5.41) is 0. The van der Waals surface area contributed by atoms with Gasteiger partial charge in [0.15, 0.2) is 0 Å². The molecule has 0 aromatic rings. The molecule has 0 heterocycles. The highest BCUT2D eigenvalue weighted by Crippen LogP contribution is 2.10. The van der Waals surface area contributed by atoms with Crippen molar-refractivity contribution in [2.45, 2.75) is 52.9 Å². The van der Waals surface area contributed by atoms with Crippen molar-refractivity contribution >= 4 is 0 Å². The fraction of sp³-hybridized carbons (Fsp3) is 0.571. The first kappa shape index (κ1) is 13.2. The predicted octanol–water partition coefficient (Wildman–Crippen LogP) is 5.04. The second-order valence-electron chi connectivity index (χ2n) is 3.49. The molecule has 14 heavy (non-hydrogen) atoms. The molecule has 0 bridgehead atoms. The molecule has 0 aliphatic rings. The fourth-order valence-corrected chi connectivity index (χ4v) is 1.27. The highest BCUT2D eigenvalue weighted by atomic mass is 14.0. The van der Waals surface area contributed by atoms with E-state index in [-0.39, 0.29) is 0 Å². The van der Waals surface area contributed by atoms with Crippen molar-refractivity contribution in [2.75, 3.05) is 0 Å². The molecule has 0 spiro atoms. The Bertz CT molecular complexity index is 194. The van der Waals surface area contributed by atoms with E-state index in [1.165, 1.54) is 31.3 Å². The van der Waals surface area contributed by atoms with Crippen molar-refractivity contribution in [3.8, 4) is 0 Å². The van der Waals surface area contributed by atoms with Crippen LogP contribution in [0.1, 0.15) is 52.9 Å². The van der Waals surface area contributed by atoms with Crippen molar-refractivity contribution in [2.24, 2.45) is 0 Å². The molecule has 0 atom stereocenters. The summed E-state index contributed by atoms with van der Waals surface area (Å²) >= 11 is 0. The third-order valence-electron chi connectivity index (χ3n) is 2.10. The molecule has 0 aromatic carbocycles. The van der Waals surface area contributed by atoms with Crippen LogP contribution in [0.2, 0.25) is 0 Å². The van der Waals surface area contributed by atoms with Crippen LogP contribution in [0, 0.1) is 0 Å². The molecule has 0 rings (SSSR count). The lowest BCUT2D eigenvalue weighted by Gasteiger charge is -1.99. The van der Waals surface area contributed by atoms with Gasteiger partial charge in [0.05, 0.1) is 0 Å². The SMILES string of the molecule is CC=CCCC(C=CCC)=CCCC. The molecule has 0 aliphatic carbocycles. The summed E-state index contributed by atoms with van der Waals surface area (Å²) < 4.78 is 0. The fourth-order valence-electron chi connectivity index (χ4n) is 1.27. The summed E-state index contributed by atoms with van der Waals surface area (Å²) in [5.74, 6) is 0. The van der Waals surface area contributed by atoms with Crippen LogP contribution in [0.5, 0.6) is 0 Å². The molecule has 0 heteroatoms. The van der Waals surface area contributed by atoms with E-state index in [1.807, 2.05) is 0 Å². The molecule has 0 amide bonds. The van der Waals surface area contributed by atoms with E-state index in [0.717, 1.165) is 6.42 Å². The Balaban J connectivity index is 4.03. The van der Waals surface area contributed by atoms with Crippen molar-refractivity contribution < 1.29 is 0 Å². The summed E-state index contributed by atoms with van der Waals surface area (Å²) in [6.45, 7) is 6.49. The normalized spacial score (nSPS) is 13.2. The quantitative estimate of drug-likeness (QED) is 0.392. The summed E-state index contributed by atoms with van der Waals surface area (Å²) in [6, 6.07) is 0. The van der Waals surface area contributed by atoms with E-state index in [4.69, 9.17) is 0 Å². The molecular weight excluding hydrogens is 168 g/mol. The third kappa shape index (κ3) is 7.85. The zero-order valence-corrected chi connectivity index (χ0v) is 9.92. The maximum Gasteiger partial charge on any atom is -0.0247 e. The van der Waals surface area contributed by atoms with Gasteiger partial charge in [0.1, 0.15) is 0 Å². The van der Waals surface area contributed by atoms with Crippen molar-refractivity contribution in [1.29, 1.82) is 0 Å². The highest BCUT2D eigenvalue weighted by molar-refractivity contribution is 5.19. The summed E-state index contributed by atoms with van der Waals surface area (Å²) in [6.07, 6.45) is 17.2. The second kappa shape index (κ2) is 10.3. The standard InChI is InChI=1S/C14H24/c1-4-7-10-13-14(11-8-5-2)12-9-6-3/h4,7-8,11-12H,5-6,9-10,13H2,1-3H3. The monoisotopic (exact) mass is 192 g/mol. The average molecular weight is 192 g/mol. The topological polar surface area (TPSA) is 0 Å². The summed E-state index contributed by atoms with van der Waals surface area (Å²) in [5.41, 5.74) is 1.49. The summed E-state index contributed by atoms with van der Waals surface area (Å²) in [7, 11) is 0. The highest BCUT2D eigenvalue weighted by Gasteiger charge is 1.90. The van der Waals surface area contributed by atoms with Gasteiger partial charge >= 0.3 is 0 Å². The zero-order valence-electron chi connectivity index (χ0n) is 9.92. The van der Waals surface area contributed by atoms with E-state index >= 15 is 0 Å². The van der Waals surface area contributed by atoms with Crippen LogP contribution >= 0.6 is 0 Å². The smallest absolute Gasteiger partial charge is 0.0247 e. The molecular formula is C14H24. The van der Waals surface area contributed by atoms with Gasteiger partial charge in [0.2, 0.25) is 0 Å². The van der Waals surface area contributed by atoms with Crippen LogP contribution in [-0.4, -0.2) is 0 Å². The lowest BCUT2D eigenvalue weighted by molar-refractivity contribution is 0.924. The number of rotatable bonds is 7. The third-order valence-corrected chi connectivity index (χ3v) is 2.10. The predicted molar refractivity (Wildman–Crippen MR) is 66.5 cm³/mol. The van der Waals surface area contributed by atoms with E-state index in [9.17, 15) is 0 Å². The van der Waals surface area contributed by atoms with Crippen LogP contribution in [-0.2, 0) is 0 Å². The first-order chi connectivity index (χ1) is 6.85. The Morgan fingerprint density at radius 3 is 2.43 bits per heavy atom. The van der Waals surface area contributed by atoms with Crippen LogP contribution in [0.15, 0.2) is 36.0 Å². The van der Waals surface area contributed by atoms with E-state index in [1.54, 1.807) is 0 Å². The Kier molecular flexibility index (Phi) is 9.73. The van der Waals surface area contributed by atoms with Gasteiger partial charge in [-0.2, -0.15) is 0 Å². The zero-order chi connectivity index (χ0) is 10.6. The Hall–Kier alpha value is -0.780. The lowest BCUT2D eigenvalue weighted by atomic mass is 10.1. The Morgan fingerprint density at radius 2 is 1.86 bits per heavy atom. The molecule has 0 N–H and O–H groups in total. The van der Waals surface area contributed by atoms with E-state index in [0.29, 0.717) is 0 Å². The maximum absolute atomic E-state index is 2.37. The maximum atomic E-state index is 2.37. The minimum atomic E-state index is 1.13. The molecule has 0 unspecified atom stereocenters. The Labute approximate surface area is 89.4 Å². The van der Waals surface area contributed by atoms with Crippen molar-refractivity contribution in [3.05, 3.63) is 36.0 Å². The van der Waals surface area contributed by atoms with Crippen LogP contribution < -0.4 is 0 Å². The number of hydrogen-bond donors (Lipinski definition) is 0. The van der Waals surface area contributed by atoms with E-state index in [2.05, 4.69) is 51.2 Å². The Morgan fingerprint density at radius 1 is 1.07 bits per heavy atom. The van der Waals surface area contributed by atoms with Crippen molar-refractivity contribution in [1.82, 2.24) is 0 Å². The van der Waals surface area contributed by atoms with Gasteiger partial charge in [0.25, 0.3) is 0 Å². The number of unbranched alkanes of at least 4 members (excludes halogenated alkanes) is 1. The molecule has 0 radical (unpaired) electrons. The number of allylic oxidation sites excluding steroid dienone is 6. The van der Waals surface area contributed by atoms with Gasteiger partial charge in [-0.15, -0.1) is 0 Å². The van der Waals surface area contributed by atoms with E-state index < -0.39 is 0 Å². The average Bonchev–Trinajstić information content (AvgIpc) is 2.21. The van der Waals surface area contributed by atoms with Crippen LogP contribution in [0.25, 0.3) is 0 Å². The van der Waals surface area contributed by atoms with Crippen molar-refractivity contribution in [3.63, 3.8) is 0 Å². The lowest BCUT2D eigenvalue weighted by Crippen LogP contribution is -1.79. The molecule has 0 saturated heterocycles. The number of hydrogen-bond acceptors (Lipinski definition) is 0. The molecule has 0 fully saturated rings. The molecule has 80 valence electrons. The van der Waals surface area contributed by atoms with Gasteiger partial charge in [-0.05, 0) is 32.6 Å². The molecule has 0 aliphatic heterocycles. The summed E-state index contributed by atoms with van der Waals surface area (Å²) in [4.78, 5) is 0. The van der Waals surface area contributed by atoms with Gasteiger partial charge in [-0.25, -0.2) is 0 Å². The minimum absolute atomic E-state index is 1.13. The van der Waals surface area contributed by atoms with Gasteiger partial charge in [0, 0.05) is 0 Å². The largest absolute Gasteiger partial charge is 0.0917 e. The first-order valence-corrected chi connectivity index (χ1v) is 5.81. The van der Waals surface area contributed by atoms with Crippen LogP contribution in [0.4, 0.5) is 0 Å². The minimum Gasteiger partial charge on any atom is -0.0917 e. The van der Waals surface area contributed by atoms with Crippen LogP contribution in [0.3, 0.4) is 0 Å². The first-order valence-electron chi connectivity index (χ1n) is 5.81. The van der Waals surface area contributed by atoms with Gasteiger partial charge < -0.3 is 0 Å². The molecule has 0 saturated carbocycles. The molecule has 0 nitrogen and oxygen atoms in total. The van der Waals surface area contributed by atoms with Gasteiger partial charge in [-0.1, -0.05) is 56.2 Å². The second-order valence-corrected chi connectivity index (χ2v) is 3.49. The molecule has 0 aromatic heterocycles.